The lowest BCUT2D eigenvalue weighted by Gasteiger charge is -2.36. The number of aliphatic hydroxyl groups excluding tert-OH is 1. The van der Waals surface area contributed by atoms with Crippen molar-refractivity contribution in [2.45, 2.75) is 70.4 Å². The first-order valence-electron chi connectivity index (χ1n) is 7.82. The molecule has 0 amide bonds. The molecule has 6 heteroatoms. The first-order valence-corrected chi connectivity index (χ1v) is 7.82. The third kappa shape index (κ3) is 3.17. The summed E-state index contributed by atoms with van der Waals surface area (Å²) in [7, 11) is 1.91. The highest BCUT2D eigenvalue weighted by molar-refractivity contribution is 5.87. The zero-order valence-electron chi connectivity index (χ0n) is 13.6. The molecule has 2 heterocycles. The molecule has 0 spiro atoms. The second-order valence-corrected chi connectivity index (χ2v) is 6.07. The van der Waals surface area contributed by atoms with Crippen LogP contribution < -0.4 is 0 Å². The number of likely N-dealkylation sites (N-methyl/N-ethyl adjacent to an activating group) is 1. The van der Waals surface area contributed by atoms with Crippen LogP contribution in [-0.4, -0.2) is 59.4 Å². The number of rotatable bonds is 4. The maximum Gasteiger partial charge on any atom is 0.333 e. The number of hydrogen-bond donors (Lipinski definition) is 1. The lowest BCUT2D eigenvalue weighted by Crippen LogP contribution is -2.46. The molecule has 2 rings (SSSR count). The minimum absolute atomic E-state index is 0.118. The number of allylic oxidation sites excluding steroid dienone is 1. The van der Waals surface area contributed by atoms with Crippen molar-refractivity contribution in [3.05, 3.63) is 11.6 Å². The molecule has 5 atom stereocenters. The van der Waals surface area contributed by atoms with Crippen LogP contribution in [0.1, 0.15) is 40.0 Å². The maximum atomic E-state index is 11.9. The predicted octanol–water partition coefficient (Wildman–Crippen LogP) is 1.02. The Labute approximate surface area is 131 Å². The van der Waals surface area contributed by atoms with E-state index in [1.165, 1.54) is 0 Å². The van der Waals surface area contributed by atoms with Crippen LogP contribution in [0.15, 0.2) is 11.6 Å². The van der Waals surface area contributed by atoms with Gasteiger partial charge in [0.2, 0.25) is 0 Å². The monoisotopic (exact) mass is 311 g/mol. The molecular formula is C16H25NO5. The highest BCUT2D eigenvalue weighted by Gasteiger charge is 2.53. The molecule has 0 aromatic carbocycles. The minimum atomic E-state index is -0.739. The van der Waals surface area contributed by atoms with Gasteiger partial charge in [0.15, 0.2) is 0 Å². The molecule has 22 heavy (non-hydrogen) atoms. The lowest BCUT2D eigenvalue weighted by molar-refractivity contribution is -0.155. The van der Waals surface area contributed by atoms with E-state index in [-0.39, 0.29) is 36.5 Å². The molecule has 124 valence electrons. The normalized spacial score (nSPS) is 35.3. The third-order valence-electron chi connectivity index (χ3n) is 4.75. The van der Waals surface area contributed by atoms with Crippen LogP contribution in [0.2, 0.25) is 0 Å². The van der Waals surface area contributed by atoms with E-state index in [9.17, 15) is 14.7 Å². The predicted molar refractivity (Wildman–Crippen MR) is 80.1 cm³/mol. The van der Waals surface area contributed by atoms with E-state index < -0.39 is 12.2 Å². The summed E-state index contributed by atoms with van der Waals surface area (Å²) < 4.78 is 10.9. The first kappa shape index (κ1) is 17.0. The molecule has 0 aromatic heterocycles. The van der Waals surface area contributed by atoms with Crippen LogP contribution >= 0.6 is 0 Å². The molecule has 6 nitrogen and oxygen atoms in total. The van der Waals surface area contributed by atoms with Gasteiger partial charge in [0.1, 0.15) is 18.3 Å². The van der Waals surface area contributed by atoms with Gasteiger partial charge in [-0.3, -0.25) is 9.69 Å². The van der Waals surface area contributed by atoms with Crippen molar-refractivity contribution >= 4 is 11.9 Å². The number of ether oxygens (including phenoxy) is 2. The van der Waals surface area contributed by atoms with Gasteiger partial charge in [0.25, 0.3) is 0 Å². The largest absolute Gasteiger partial charge is 0.459 e. The fraction of sp³-hybridized carbons (Fsp3) is 0.750. The topological polar surface area (TPSA) is 76.1 Å². The highest BCUT2D eigenvalue weighted by Crippen LogP contribution is 2.38. The van der Waals surface area contributed by atoms with E-state index in [4.69, 9.17) is 9.47 Å². The zero-order valence-corrected chi connectivity index (χ0v) is 13.6. The van der Waals surface area contributed by atoms with E-state index >= 15 is 0 Å². The molecule has 2 fully saturated rings. The average molecular weight is 311 g/mol. The number of aliphatic hydroxyl groups is 1. The van der Waals surface area contributed by atoms with Crippen LogP contribution in [0.5, 0.6) is 0 Å². The number of esters is 2. The Morgan fingerprint density at radius 3 is 2.50 bits per heavy atom. The molecule has 0 aromatic rings. The van der Waals surface area contributed by atoms with Crippen molar-refractivity contribution in [1.82, 2.24) is 4.90 Å². The van der Waals surface area contributed by atoms with Crippen molar-refractivity contribution in [2.24, 2.45) is 0 Å². The fourth-order valence-electron chi connectivity index (χ4n) is 3.25. The fourth-order valence-corrected chi connectivity index (χ4v) is 3.25. The summed E-state index contributed by atoms with van der Waals surface area (Å²) in [5.74, 6) is -0.642. The minimum Gasteiger partial charge on any atom is -0.459 e. The summed E-state index contributed by atoms with van der Waals surface area (Å²) >= 11 is 0. The third-order valence-corrected chi connectivity index (χ3v) is 4.75. The van der Waals surface area contributed by atoms with Gasteiger partial charge in [0, 0.05) is 30.9 Å². The van der Waals surface area contributed by atoms with Gasteiger partial charge in [0.05, 0.1) is 6.04 Å². The molecule has 1 N–H and O–H groups in total. The van der Waals surface area contributed by atoms with E-state index in [2.05, 4.69) is 0 Å². The number of nitrogens with zero attached hydrogens (tertiary/aromatic N) is 1. The number of carbonyl (C=O) groups excluding carboxylic acids is 2. The van der Waals surface area contributed by atoms with E-state index in [0.29, 0.717) is 18.4 Å². The molecule has 2 saturated heterocycles. The van der Waals surface area contributed by atoms with Gasteiger partial charge in [-0.25, -0.2) is 4.79 Å². The summed E-state index contributed by atoms with van der Waals surface area (Å²) in [4.78, 5) is 25.5. The van der Waals surface area contributed by atoms with E-state index in [0.717, 1.165) is 0 Å². The molecule has 0 saturated carbocycles. The second kappa shape index (κ2) is 6.79. The summed E-state index contributed by atoms with van der Waals surface area (Å²) in [5.41, 5.74) is 0.570. The van der Waals surface area contributed by atoms with Gasteiger partial charge in [-0.2, -0.15) is 0 Å². The molecule has 5 unspecified atom stereocenters. The Hall–Kier alpha value is -1.40. The Bertz CT molecular complexity index is 475. The summed E-state index contributed by atoms with van der Waals surface area (Å²) in [6.45, 7) is 5.23. The Morgan fingerprint density at radius 2 is 1.91 bits per heavy atom. The highest BCUT2D eigenvalue weighted by atomic mass is 16.6. The van der Waals surface area contributed by atoms with Gasteiger partial charge < -0.3 is 14.6 Å². The van der Waals surface area contributed by atoms with Crippen molar-refractivity contribution in [1.29, 1.82) is 0 Å². The van der Waals surface area contributed by atoms with Crippen LogP contribution in [-0.2, 0) is 19.1 Å². The standard InChI is InChI=1S/C16H25NO5/c1-5-9(3)16(20)21-10-7-11-14(19)15(22-13(18)6-2)12(8-10)17(11)4/h5,10-12,14-15,19H,6-8H2,1-4H3/b9-5+. The van der Waals surface area contributed by atoms with E-state index in [1.54, 1.807) is 26.8 Å². The Morgan fingerprint density at radius 1 is 1.27 bits per heavy atom. The summed E-state index contributed by atoms with van der Waals surface area (Å²) in [6, 6.07) is -0.273. The zero-order chi connectivity index (χ0) is 16.4. The Kier molecular flexibility index (Phi) is 5.24. The molecule has 0 radical (unpaired) electrons. The van der Waals surface area contributed by atoms with Crippen molar-refractivity contribution in [3.8, 4) is 0 Å². The van der Waals surface area contributed by atoms with Gasteiger partial charge in [-0.15, -0.1) is 0 Å². The smallest absolute Gasteiger partial charge is 0.333 e. The van der Waals surface area contributed by atoms with Crippen molar-refractivity contribution in [3.63, 3.8) is 0 Å². The van der Waals surface area contributed by atoms with Gasteiger partial charge >= 0.3 is 11.9 Å². The van der Waals surface area contributed by atoms with Crippen molar-refractivity contribution in [2.75, 3.05) is 7.05 Å². The molecule has 2 bridgehead atoms. The molecular weight excluding hydrogens is 286 g/mol. The second-order valence-electron chi connectivity index (χ2n) is 6.07. The lowest BCUT2D eigenvalue weighted by atomic mass is 10.00. The van der Waals surface area contributed by atoms with Crippen LogP contribution in [0.4, 0.5) is 0 Å². The van der Waals surface area contributed by atoms with Crippen molar-refractivity contribution < 1.29 is 24.2 Å². The summed E-state index contributed by atoms with van der Waals surface area (Å²) in [5, 5.41) is 10.4. The number of piperidine rings is 1. The summed E-state index contributed by atoms with van der Waals surface area (Å²) in [6.07, 6.45) is 1.57. The molecule has 0 aliphatic carbocycles. The molecule has 2 aliphatic rings. The number of hydrogen-bond acceptors (Lipinski definition) is 6. The first-order chi connectivity index (χ1) is 10.4. The Balaban J connectivity index is 2.06. The van der Waals surface area contributed by atoms with Gasteiger partial charge in [-0.05, 0) is 20.9 Å². The van der Waals surface area contributed by atoms with E-state index in [1.807, 2.05) is 11.9 Å². The van der Waals surface area contributed by atoms with Crippen LogP contribution in [0.25, 0.3) is 0 Å². The molecule has 2 aliphatic heterocycles. The van der Waals surface area contributed by atoms with Crippen LogP contribution in [0.3, 0.4) is 0 Å². The van der Waals surface area contributed by atoms with Crippen LogP contribution in [0, 0.1) is 0 Å². The van der Waals surface area contributed by atoms with Gasteiger partial charge in [-0.1, -0.05) is 13.0 Å². The number of fused-ring (bicyclic) bond motifs is 2. The number of carbonyl (C=O) groups is 2. The maximum absolute atomic E-state index is 11.9. The SMILES string of the molecule is C/C=C(\C)C(=O)OC1CC2C(O)C(OC(=O)CC)C(C1)N2C. The average Bonchev–Trinajstić information content (AvgIpc) is 2.64. The quantitative estimate of drug-likeness (QED) is 0.617.